The van der Waals surface area contributed by atoms with E-state index in [2.05, 4.69) is 6.07 Å². The molecule has 1 amide bonds. The van der Waals surface area contributed by atoms with E-state index in [4.69, 9.17) is 5.11 Å². The van der Waals surface area contributed by atoms with Gasteiger partial charge in [0.05, 0.1) is 0 Å². The lowest BCUT2D eigenvalue weighted by molar-refractivity contribution is -0.138. The van der Waals surface area contributed by atoms with Crippen molar-refractivity contribution in [2.24, 2.45) is 5.92 Å². The maximum absolute atomic E-state index is 12.4. The van der Waals surface area contributed by atoms with Gasteiger partial charge in [-0.3, -0.25) is 9.59 Å². The van der Waals surface area contributed by atoms with Gasteiger partial charge in [-0.2, -0.15) is 0 Å². The topological polar surface area (TPSA) is 57.6 Å². The first-order valence-corrected chi connectivity index (χ1v) is 7.05. The quantitative estimate of drug-likeness (QED) is 0.922. The van der Waals surface area contributed by atoms with E-state index in [-0.39, 0.29) is 18.2 Å². The van der Waals surface area contributed by atoms with Gasteiger partial charge in [-0.05, 0) is 44.7 Å². The number of rotatable bonds is 3. The molecule has 0 saturated carbocycles. The molecule has 2 rings (SSSR count). The summed E-state index contributed by atoms with van der Waals surface area (Å²) < 4.78 is 0. The van der Waals surface area contributed by atoms with Gasteiger partial charge in [-0.25, -0.2) is 0 Å². The van der Waals surface area contributed by atoms with Crippen molar-refractivity contribution in [3.63, 3.8) is 0 Å². The fourth-order valence-corrected chi connectivity index (χ4v) is 2.87. The van der Waals surface area contributed by atoms with Crippen molar-refractivity contribution in [3.05, 3.63) is 34.9 Å². The highest BCUT2D eigenvalue weighted by atomic mass is 16.4. The summed E-state index contributed by atoms with van der Waals surface area (Å²) in [5.74, 6) is -0.481. The number of aryl methyl sites for hydroxylation is 2. The number of aliphatic carboxylic acids is 1. The van der Waals surface area contributed by atoms with Crippen molar-refractivity contribution in [1.82, 2.24) is 4.90 Å². The zero-order valence-corrected chi connectivity index (χ0v) is 12.1. The van der Waals surface area contributed by atoms with Crippen LogP contribution in [0.25, 0.3) is 0 Å². The standard InChI is InChI=1S/C16H21NO3/c1-11-7-12(2)9-14(8-11)16(20)17-5-3-13(4-6-17)10-15(18)19/h7-9,13H,3-6,10H2,1-2H3,(H,18,19). The number of carboxylic acids is 1. The number of carboxylic acid groups (broad SMARTS) is 1. The maximum atomic E-state index is 12.4. The highest BCUT2D eigenvalue weighted by Crippen LogP contribution is 2.22. The number of hydrogen-bond acceptors (Lipinski definition) is 2. The van der Waals surface area contributed by atoms with Crippen molar-refractivity contribution < 1.29 is 14.7 Å². The van der Waals surface area contributed by atoms with E-state index >= 15 is 0 Å². The molecule has 4 nitrogen and oxygen atoms in total. The molecule has 108 valence electrons. The first-order valence-electron chi connectivity index (χ1n) is 7.05. The second kappa shape index (κ2) is 6.07. The molecule has 0 radical (unpaired) electrons. The molecule has 1 saturated heterocycles. The first kappa shape index (κ1) is 14.6. The fraction of sp³-hybridized carbons (Fsp3) is 0.500. The molecule has 0 bridgehead atoms. The highest BCUT2D eigenvalue weighted by Gasteiger charge is 2.25. The Kier molecular flexibility index (Phi) is 4.42. The van der Waals surface area contributed by atoms with E-state index in [1.807, 2.05) is 30.9 Å². The fourth-order valence-electron chi connectivity index (χ4n) is 2.87. The maximum Gasteiger partial charge on any atom is 0.303 e. The summed E-state index contributed by atoms with van der Waals surface area (Å²) in [6.07, 6.45) is 1.78. The van der Waals surface area contributed by atoms with Crippen LogP contribution in [0.3, 0.4) is 0 Å². The molecule has 0 spiro atoms. The number of hydrogen-bond donors (Lipinski definition) is 1. The van der Waals surface area contributed by atoms with Crippen LogP contribution in [0, 0.1) is 19.8 Å². The number of carbonyl (C=O) groups is 2. The largest absolute Gasteiger partial charge is 0.481 e. The van der Waals surface area contributed by atoms with E-state index in [0.717, 1.165) is 29.5 Å². The second-order valence-corrected chi connectivity index (χ2v) is 5.71. The molecule has 1 aromatic rings. The van der Waals surface area contributed by atoms with Gasteiger partial charge in [0.1, 0.15) is 0 Å². The number of piperidine rings is 1. The van der Waals surface area contributed by atoms with Crippen molar-refractivity contribution in [1.29, 1.82) is 0 Å². The Morgan fingerprint density at radius 2 is 1.70 bits per heavy atom. The zero-order valence-electron chi connectivity index (χ0n) is 12.1. The third-order valence-electron chi connectivity index (χ3n) is 3.83. The van der Waals surface area contributed by atoms with Crippen LogP contribution in [0.2, 0.25) is 0 Å². The van der Waals surface area contributed by atoms with Crippen molar-refractivity contribution in [2.75, 3.05) is 13.1 Å². The monoisotopic (exact) mass is 275 g/mol. The predicted molar refractivity (Wildman–Crippen MR) is 76.8 cm³/mol. The van der Waals surface area contributed by atoms with Crippen molar-refractivity contribution in [2.45, 2.75) is 33.1 Å². The molecule has 1 N–H and O–H groups in total. The van der Waals surface area contributed by atoms with E-state index in [1.165, 1.54) is 0 Å². The minimum absolute atomic E-state index is 0.0607. The van der Waals surface area contributed by atoms with Gasteiger partial charge in [0, 0.05) is 25.1 Å². The van der Waals surface area contributed by atoms with Crippen LogP contribution in [0.5, 0.6) is 0 Å². The molecule has 1 fully saturated rings. The molecule has 0 aromatic heterocycles. The Labute approximate surface area is 119 Å². The van der Waals surface area contributed by atoms with Gasteiger partial charge in [0.25, 0.3) is 5.91 Å². The van der Waals surface area contributed by atoms with Crippen LogP contribution in [-0.4, -0.2) is 35.0 Å². The summed E-state index contributed by atoms with van der Waals surface area (Å²) in [7, 11) is 0. The predicted octanol–water partition coefficient (Wildman–Crippen LogP) is 2.63. The average Bonchev–Trinajstić information content (AvgIpc) is 2.37. The number of carbonyl (C=O) groups excluding carboxylic acids is 1. The Morgan fingerprint density at radius 1 is 1.15 bits per heavy atom. The SMILES string of the molecule is Cc1cc(C)cc(C(=O)N2CCC(CC(=O)O)CC2)c1. The highest BCUT2D eigenvalue weighted by molar-refractivity contribution is 5.94. The summed E-state index contributed by atoms with van der Waals surface area (Å²) >= 11 is 0. The molecular weight excluding hydrogens is 254 g/mol. The molecule has 1 aromatic carbocycles. The smallest absolute Gasteiger partial charge is 0.303 e. The summed E-state index contributed by atoms with van der Waals surface area (Å²) in [5, 5.41) is 8.80. The normalized spacial score (nSPS) is 16.2. The molecular formula is C16H21NO3. The molecule has 4 heteroatoms. The molecule has 1 heterocycles. The van der Waals surface area contributed by atoms with Gasteiger partial charge >= 0.3 is 5.97 Å². The van der Waals surface area contributed by atoms with Crippen LogP contribution in [0.15, 0.2) is 18.2 Å². The van der Waals surface area contributed by atoms with Gasteiger partial charge < -0.3 is 10.0 Å². The van der Waals surface area contributed by atoms with Crippen LogP contribution >= 0.6 is 0 Å². The second-order valence-electron chi connectivity index (χ2n) is 5.71. The third-order valence-corrected chi connectivity index (χ3v) is 3.83. The lowest BCUT2D eigenvalue weighted by atomic mass is 9.93. The molecule has 1 aliphatic heterocycles. The van der Waals surface area contributed by atoms with E-state index in [0.29, 0.717) is 13.1 Å². The summed E-state index contributed by atoms with van der Waals surface area (Å²) in [5.41, 5.74) is 2.92. The number of nitrogens with zero attached hydrogens (tertiary/aromatic N) is 1. The molecule has 0 atom stereocenters. The minimum atomic E-state index is -0.746. The van der Waals surface area contributed by atoms with Crippen LogP contribution in [0.1, 0.15) is 40.7 Å². The van der Waals surface area contributed by atoms with Crippen LogP contribution in [0.4, 0.5) is 0 Å². The van der Waals surface area contributed by atoms with E-state index in [9.17, 15) is 9.59 Å². The lowest BCUT2D eigenvalue weighted by Crippen LogP contribution is -2.39. The van der Waals surface area contributed by atoms with Gasteiger partial charge in [-0.1, -0.05) is 17.2 Å². The average molecular weight is 275 g/mol. The number of amides is 1. The Bertz CT molecular complexity index is 496. The van der Waals surface area contributed by atoms with E-state index < -0.39 is 5.97 Å². The van der Waals surface area contributed by atoms with Crippen LogP contribution < -0.4 is 0 Å². The molecule has 20 heavy (non-hydrogen) atoms. The first-order chi connectivity index (χ1) is 9.45. The van der Waals surface area contributed by atoms with Gasteiger partial charge in [0.2, 0.25) is 0 Å². The Morgan fingerprint density at radius 3 is 2.20 bits per heavy atom. The van der Waals surface area contributed by atoms with Gasteiger partial charge in [-0.15, -0.1) is 0 Å². The third kappa shape index (κ3) is 3.59. The van der Waals surface area contributed by atoms with Crippen LogP contribution in [-0.2, 0) is 4.79 Å². The number of benzene rings is 1. The van der Waals surface area contributed by atoms with Gasteiger partial charge in [0.15, 0.2) is 0 Å². The Balaban J connectivity index is 1.99. The molecule has 1 aliphatic rings. The number of likely N-dealkylation sites (tertiary alicyclic amines) is 1. The minimum Gasteiger partial charge on any atom is -0.481 e. The lowest BCUT2D eigenvalue weighted by Gasteiger charge is -2.31. The summed E-state index contributed by atoms with van der Waals surface area (Å²) in [4.78, 5) is 25.0. The Hall–Kier alpha value is -1.84. The van der Waals surface area contributed by atoms with E-state index in [1.54, 1.807) is 0 Å². The molecule has 0 aliphatic carbocycles. The molecule has 0 unspecified atom stereocenters. The van der Waals surface area contributed by atoms with Crippen molar-refractivity contribution in [3.8, 4) is 0 Å². The zero-order chi connectivity index (χ0) is 14.7. The van der Waals surface area contributed by atoms with Crippen molar-refractivity contribution >= 4 is 11.9 Å². The summed E-state index contributed by atoms with van der Waals surface area (Å²) in [6, 6.07) is 5.88. The summed E-state index contributed by atoms with van der Waals surface area (Å²) in [6.45, 7) is 5.29.